The zero-order valence-electron chi connectivity index (χ0n) is 13.3. The maximum absolute atomic E-state index is 12.6. The molecule has 2 aromatic rings. The molecule has 0 saturated carbocycles. The molecule has 0 radical (unpaired) electrons. The molecule has 0 aromatic heterocycles. The van der Waals surface area contributed by atoms with E-state index in [1.54, 1.807) is 18.2 Å². The summed E-state index contributed by atoms with van der Waals surface area (Å²) in [5, 5.41) is 19.4. The summed E-state index contributed by atoms with van der Waals surface area (Å²) in [5.74, 6) is -1.86. The van der Waals surface area contributed by atoms with Crippen molar-refractivity contribution in [3.05, 3.63) is 59.2 Å². The molecule has 0 fully saturated rings. The fraction of sp³-hybridized carbons (Fsp3) is 0.222. The van der Waals surface area contributed by atoms with Crippen LogP contribution in [0.5, 0.6) is 5.75 Å². The second-order valence-electron chi connectivity index (χ2n) is 5.59. The first-order valence-corrected chi connectivity index (χ1v) is 7.25. The average molecular weight is 313 g/mol. The van der Waals surface area contributed by atoms with Crippen LogP contribution in [-0.4, -0.2) is 35.1 Å². The van der Waals surface area contributed by atoms with Gasteiger partial charge in [0.05, 0.1) is 11.1 Å². The predicted molar refractivity (Wildman–Crippen MR) is 88.5 cm³/mol. The number of ketones is 1. The molecule has 0 unspecified atom stereocenters. The highest BCUT2D eigenvalue weighted by Crippen LogP contribution is 2.28. The molecule has 0 saturated heterocycles. The maximum Gasteiger partial charge on any atom is 0.336 e. The van der Waals surface area contributed by atoms with Crippen LogP contribution >= 0.6 is 0 Å². The van der Waals surface area contributed by atoms with Gasteiger partial charge in [-0.1, -0.05) is 18.2 Å². The molecule has 0 aliphatic heterocycles. The molecule has 5 nitrogen and oxygen atoms in total. The van der Waals surface area contributed by atoms with E-state index >= 15 is 0 Å². The van der Waals surface area contributed by atoms with Crippen molar-refractivity contribution in [1.82, 2.24) is 0 Å². The zero-order valence-corrected chi connectivity index (χ0v) is 13.3. The van der Waals surface area contributed by atoms with Gasteiger partial charge in [0.15, 0.2) is 5.78 Å². The quantitative estimate of drug-likeness (QED) is 0.829. The Labute approximate surface area is 134 Å². The summed E-state index contributed by atoms with van der Waals surface area (Å²) in [6, 6.07) is 11.0. The van der Waals surface area contributed by atoms with E-state index in [-0.39, 0.29) is 28.5 Å². The van der Waals surface area contributed by atoms with Crippen LogP contribution in [0.2, 0.25) is 0 Å². The molecule has 0 bridgehead atoms. The van der Waals surface area contributed by atoms with Gasteiger partial charge in [-0.2, -0.15) is 0 Å². The van der Waals surface area contributed by atoms with E-state index in [2.05, 4.69) is 0 Å². The molecule has 120 valence electrons. The second-order valence-corrected chi connectivity index (χ2v) is 5.59. The molecule has 0 heterocycles. The number of carboxylic acids is 1. The molecule has 23 heavy (non-hydrogen) atoms. The number of aromatic hydroxyl groups is 1. The Bertz CT molecular complexity index is 752. The van der Waals surface area contributed by atoms with E-state index in [1.165, 1.54) is 24.3 Å². The highest BCUT2D eigenvalue weighted by molar-refractivity contribution is 6.15. The van der Waals surface area contributed by atoms with Crippen molar-refractivity contribution < 1.29 is 19.8 Å². The number of aromatic carboxylic acids is 1. The van der Waals surface area contributed by atoms with E-state index < -0.39 is 11.8 Å². The number of phenolic OH excluding ortho intramolecular Hbond substituents is 1. The highest BCUT2D eigenvalue weighted by atomic mass is 16.4. The third kappa shape index (κ3) is 3.34. The van der Waals surface area contributed by atoms with Crippen LogP contribution in [0.4, 0.5) is 5.69 Å². The van der Waals surface area contributed by atoms with Crippen LogP contribution in [0.15, 0.2) is 42.5 Å². The van der Waals surface area contributed by atoms with Crippen molar-refractivity contribution in [2.75, 3.05) is 11.9 Å². The lowest BCUT2D eigenvalue weighted by atomic mass is 9.97. The molecule has 2 aromatic carbocycles. The van der Waals surface area contributed by atoms with Crippen molar-refractivity contribution in [1.29, 1.82) is 0 Å². The third-order valence-corrected chi connectivity index (χ3v) is 3.81. The van der Waals surface area contributed by atoms with E-state index in [9.17, 15) is 19.8 Å². The second kappa shape index (κ2) is 6.52. The van der Waals surface area contributed by atoms with Crippen LogP contribution in [0.25, 0.3) is 0 Å². The maximum atomic E-state index is 12.6. The molecule has 0 amide bonds. The third-order valence-electron chi connectivity index (χ3n) is 3.81. The fourth-order valence-corrected chi connectivity index (χ4v) is 2.24. The van der Waals surface area contributed by atoms with Crippen LogP contribution in [0.3, 0.4) is 0 Å². The van der Waals surface area contributed by atoms with Gasteiger partial charge in [0.1, 0.15) is 5.75 Å². The molecule has 0 spiro atoms. The van der Waals surface area contributed by atoms with Crippen molar-refractivity contribution in [2.45, 2.75) is 19.9 Å². The van der Waals surface area contributed by atoms with E-state index in [4.69, 9.17) is 0 Å². The smallest absolute Gasteiger partial charge is 0.336 e. The number of carbonyl (C=O) groups excluding carboxylic acids is 1. The number of benzene rings is 2. The standard InChI is InChI=1S/C18H19NO4/c1-11(2)19(3)12-8-9-15(16(20)10-12)17(21)13-6-4-5-7-14(13)18(22)23/h4-11,20H,1-3H3,(H,22,23). The summed E-state index contributed by atoms with van der Waals surface area (Å²) >= 11 is 0. The van der Waals surface area contributed by atoms with Crippen LogP contribution < -0.4 is 4.90 Å². The van der Waals surface area contributed by atoms with Crippen LogP contribution in [-0.2, 0) is 0 Å². The summed E-state index contributed by atoms with van der Waals surface area (Å²) < 4.78 is 0. The lowest BCUT2D eigenvalue weighted by molar-refractivity contribution is 0.0692. The number of phenols is 1. The topological polar surface area (TPSA) is 77.8 Å². The fourth-order valence-electron chi connectivity index (χ4n) is 2.24. The predicted octanol–water partition coefficient (Wildman–Crippen LogP) is 3.17. The normalized spacial score (nSPS) is 10.6. The minimum atomic E-state index is -1.18. The molecule has 2 rings (SSSR count). The monoisotopic (exact) mass is 313 g/mol. The summed E-state index contributed by atoms with van der Waals surface area (Å²) in [4.78, 5) is 25.8. The minimum absolute atomic E-state index is 0.0558. The van der Waals surface area contributed by atoms with Crippen LogP contribution in [0, 0.1) is 0 Å². The summed E-state index contributed by atoms with van der Waals surface area (Å²) in [6.07, 6.45) is 0. The lowest BCUT2D eigenvalue weighted by Crippen LogP contribution is -2.25. The van der Waals surface area contributed by atoms with E-state index in [0.29, 0.717) is 0 Å². The molecule has 2 N–H and O–H groups in total. The minimum Gasteiger partial charge on any atom is -0.507 e. The molecule has 0 aliphatic carbocycles. The number of rotatable bonds is 5. The number of carbonyl (C=O) groups is 2. The van der Waals surface area contributed by atoms with Crippen molar-refractivity contribution >= 4 is 17.4 Å². The van der Waals surface area contributed by atoms with Gasteiger partial charge < -0.3 is 15.1 Å². The first-order valence-electron chi connectivity index (χ1n) is 7.25. The Morgan fingerprint density at radius 3 is 2.13 bits per heavy atom. The van der Waals surface area contributed by atoms with Crippen molar-refractivity contribution in [3.63, 3.8) is 0 Å². The van der Waals surface area contributed by atoms with E-state index in [0.717, 1.165) is 5.69 Å². The van der Waals surface area contributed by atoms with Crippen molar-refractivity contribution in [3.8, 4) is 5.75 Å². The summed E-state index contributed by atoms with van der Waals surface area (Å²) in [5.41, 5.74) is 0.834. The van der Waals surface area contributed by atoms with Gasteiger partial charge in [-0.15, -0.1) is 0 Å². The molecule has 0 atom stereocenters. The average Bonchev–Trinajstić information content (AvgIpc) is 2.53. The summed E-state index contributed by atoms with van der Waals surface area (Å²) in [6.45, 7) is 4.03. The number of hydrogen-bond donors (Lipinski definition) is 2. The van der Waals surface area contributed by atoms with Gasteiger partial charge in [-0.3, -0.25) is 4.79 Å². The Balaban J connectivity index is 2.44. The van der Waals surface area contributed by atoms with Gasteiger partial charge in [-0.25, -0.2) is 4.79 Å². The Hall–Kier alpha value is -2.82. The first kappa shape index (κ1) is 16.5. The molecule has 5 heteroatoms. The van der Waals surface area contributed by atoms with Crippen molar-refractivity contribution in [2.24, 2.45) is 0 Å². The van der Waals surface area contributed by atoms with Gasteiger partial charge in [0, 0.05) is 30.4 Å². The van der Waals surface area contributed by atoms with Gasteiger partial charge in [0.2, 0.25) is 0 Å². The Kier molecular flexibility index (Phi) is 4.69. The number of carboxylic acid groups (broad SMARTS) is 1. The zero-order chi connectivity index (χ0) is 17.1. The van der Waals surface area contributed by atoms with Gasteiger partial charge in [0.25, 0.3) is 0 Å². The summed E-state index contributed by atoms with van der Waals surface area (Å²) in [7, 11) is 1.89. The van der Waals surface area contributed by atoms with Gasteiger partial charge in [-0.05, 0) is 32.0 Å². The molecule has 0 aliphatic rings. The SMILES string of the molecule is CC(C)N(C)c1ccc(C(=O)c2ccccc2C(=O)O)c(O)c1. The largest absolute Gasteiger partial charge is 0.507 e. The lowest BCUT2D eigenvalue weighted by Gasteiger charge is -2.24. The first-order chi connectivity index (χ1) is 10.8. The Morgan fingerprint density at radius 1 is 1.00 bits per heavy atom. The highest BCUT2D eigenvalue weighted by Gasteiger charge is 2.20. The molecular formula is C18H19NO4. The number of anilines is 1. The Morgan fingerprint density at radius 2 is 1.61 bits per heavy atom. The molecular weight excluding hydrogens is 294 g/mol. The van der Waals surface area contributed by atoms with Gasteiger partial charge >= 0.3 is 5.97 Å². The van der Waals surface area contributed by atoms with E-state index in [1.807, 2.05) is 25.8 Å². The number of nitrogens with zero attached hydrogens (tertiary/aromatic N) is 1. The number of hydrogen-bond acceptors (Lipinski definition) is 4. The van der Waals surface area contributed by atoms with Crippen LogP contribution in [0.1, 0.15) is 40.1 Å².